The van der Waals surface area contributed by atoms with Crippen molar-refractivity contribution in [1.29, 1.82) is 0 Å². The van der Waals surface area contributed by atoms with E-state index in [0.717, 1.165) is 27.7 Å². The summed E-state index contributed by atoms with van der Waals surface area (Å²) in [5.41, 5.74) is 5.06. The summed E-state index contributed by atoms with van der Waals surface area (Å²) in [6, 6.07) is 27.1. The first-order chi connectivity index (χ1) is 16.0. The fraction of sp³-hybridized carbons (Fsp3) is 0.143. The number of carbonyl (C=O) groups excluding carboxylic acids is 2. The van der Waals surface area contributed by atoms with Crippen LogP contribution in [0.1, 0.15) is 36.3 Å². The molecule has 0 atom stereocenters. The predicted molar refractivity (Wildman–Crippen MR) is 135 cm³/mol. The number of benzene rings is 3. The number of fused-ring (bicyclic) bond motifs is 1. The van der Waals surface area contributed by atoms with Gasteiger partial charge in [-0.15, -0.1) is 0 Å². The van der Waals surface area contributed by atoms with E-state index in [1.807, 2.05) is 109 Å². The van der Waals surface area contributed by atoms with Gasteiger partial charge in [-0.05, 0) is 55.8 Å². The van der Waals surface area contributed by atoms with Crippen LogP contribution in [0.2, 0.25) is 0 Å². The van der Waals surface area contributed by atoms with Crippen LogP contribution >= 0.6 is 0 Å². The maximum atomic E-state index is 13.2. The lowest BCUT2D eigenvalue weighted by Crippen LogP contribution is -2.17. The first-order valence-corrected chi connectivity index (χ1v) is 11.0. The Morgan fingerprint density at radius 3 is 2.24 bits per heavy atom. The molecule has 0 spiro atoms. The zero-order valence-corrected chi connectivity index (χ0v) is 18.8. The van der Waals surface area contributed by atoms with Crippen molar-refractivity contribution in [1.82, 2.24) is 4.57 Å². The van der Waals surface area contributed by atoms with Crippen LogP contribution in [0.5, 0.6) is 0 Å². The molecule has 0 saturated heterocycles. The average Bonchev–Trinajstić information content (AvgIpc) is 3.18. The lowest BCUT2D eigenvalue weighted by molar-refractivity contribution is -0.115. The minimum absolute atomic E-state index is 0.0595. The number of anilines is 2. The number of para-hydroxylation sites is 1. The van der Waals surface area contributed by atoms with Crippen molar-refractivity contribution in [2.24, 2.45) is 0 Å². The van der Waals surface area contributed by atoms with Gasteiger partial charge in [0.1, 0.15) is 5.69 Å². The maximum absolute atomic E-state index is 13.2. The summed E-state index contributed by atoms with van der Waals surface area (Å²) >= 11 is 0. The standard InChI is InChI=1S/C28H27N3O2/c1-3-20(2)16-27(32)29-24-14-15-25-22(17-24)18-26(28(33)30-23-12-8-5-9-13-23)31(25)19-21-10-6-4-7-11-21/h3-15,17-18H,16,19H2,1-2H3,(H,29,32)(H,30,33)/b20-3+. The van der Waals surface area contributed by atoms with E-state index >= 15 is 0 Å². The summed E-state index contributed by atoms with van der Waals surface area (Å²) in [6.07, 6.45) is 2.29. The van der Waals surface area contributed by atoms with Gasteiger partial charge in [0.15, 0.2) is 0 Å². The van der Waals surface area contributed by atoms with Gasteiger partial charge >= 0.3 is 0 Å². The third kappa shape index (κ3) is 5.39. The predicted octanol–water partition coefficient (Wildman–Crippen LogP) is 6.24. The van der Waals surface area contributed by atoms with E-state index in [2.05, 4.69) is 10.6 Å². The fourth-order valence-electron chi connectivity index (χ4n) is 3.75. The number of rotatable bonds is 7. The van der Waals surface area contributed by atoms with Crippen molar-refractivity contribution < 1.29 is 9.59 Å². The molecule has 0 aliphatic carbocycles. The average molecular weight is 438 g/mol. The molecule has 0 unspecified atom stereocenters. The summed E-state index contributed by atoms with van der Waals surface area (Å²) < 4.78 is 2.01. The molecule has 4 rings (SSSR count). The molecule has 0 fully saturated rings. The second kappa shape index (κ2) is 10.0. The van der Waals surface area contributed by atoms with E-state index in [-0.39, 0.29) is 11.8 Å². The van der Waals surface area contributed by atoms with Gasteiger partial charge < -0.3 is 15.2 Å². The number of hydrogen-bond donors (Lipinski definition) is 2. The Hall–Kier alpha value is -4.12. The van der Waals surface area contributed by atoms with E-state index < -0.39 is 0 Å². The molecular formula is C28H27N3O2. The lowest BCUT2D eigenvalue weighted by Gasteiger charge is -2.12. The summed E-state index contributed by atoms with van der Waals surface area (Å²) in [6.45, 7) is 4.42. The maximum Gasteiger partial charge on any atom is 0.272 e. The van der Waals surface area contributed by atoms with Gasteiger partial charge in [-0.3, -0.25) is 9.59 Å². The molecule has 4 aromatic rings. The van der Waals surface area contributed by atoms with Gasteiger partial charge in [0, 0.05) is 35.2 Å². The van der Waals surface area contributed by atoms with E-state index in [1.54, 1.807) is 0 Å². The van der Waals surface area contributed by atoms with Crippen molar-refractivity contribution in [3.05, 3.63) is 108 Å². The second-order valence-electron chi connectivity index (χ2n) is 8.06. The monoisotopic (exact) mass is 437 g/mol. The molecular weight excluding hydrogens is 410 g/mol. The minimum Gasteiger partial charge on any atom is -0.332 e. The molecule has 2 amide bonds. The summed E-state index contributed by atoms with van der Waals surface area (Å²) in [4.78, 5) is 25.5. The van der Waals surface area contributed by atoms with Crippen molar-refractivity contribution >= 4 is 34.1 Å². The number of nitrogens with one attached hydrogen (secondary N) is 2. The molecule has 0 radical (unpaired) electrons. The smallest absolute Gasteiger partial charge is 0.272 e. The van der Waals surface area contributed by atoms with Crippen LogP contribution in [0.4, 0.5) is 11.4 Å². The number of hydrogen-bond acceptors (Lipinski definition) is 2. The summed E-state index contributed by atoms with van der Waals surface area (Å²) in [5, 5.41) is 6.83. The van der Waals surface area contributed by atoms with Crippen molar-refractivity contribution in [3.63, 3.8) is 0 Å². The number of nitrogens with zero attached hydrogens (tertiary/aromatic N) is 1. The SMILES string of the molecule is C/C=C(\C)CC(=O)Nc1ccc2c(c1)cc(C(=O)Nc1ccccc1)n2Cc1ccccc1. The number of amides is 2. The molecule has 0 saturated carbocycles. The highest BCUT2D eigenvalue weighted by Crippen LogP contribution is 2.26. The lowest BCUT2D eigenvalue weighted by atomic mass is 10.2. The first-order valence-electron chi connectivity index (χ1n) is 11.0. The molecule has 5 heteroatoms. The molecule has 1 aromatic heterocycles. The Morgan fingerprint density at radius 1 is 0.848 bits per heavy atom. The van der Waals surface area contributed by atoms with Gasteiger partial charge in [-0.25, -0.2) is 0 Å². The van der Waals surface area contributed by atoms with Gasteiger partial charge in [0.2, 0.25) is 5.91 Å². The Labute approximate surface area is 193 Å². The molecule has 1 heterocycles. The number of carbonyl (C=O) groups is 2. The Kier molecular flexibility index (Phi) is 6.69. The Balaban J connectivity index is 1.68. The van der Waals surface area contributed by atoms with Crippen molar-refractivity contribution in [3.8, 4) is 0 Å². The van der Waals surface area contributed by atoms with Crippen LogP contribution < -0.4 is 10.6 Å². The van der Waals surface area contributed by atoms with E-state index in [9.17, 15) is 9.59 Å². The molecule has 0 bridgehead atoms. The van der Waals surface area contributed by atoms with Crippen LogP contribution in [0.15, 0.2) is 96.6 Å². The molecule has 33 heavy (non-hydrogen) atoms. The first kappa shape index (κ1) is 22.1. The molecule has 5 nitrogen and oxygen atoms in total. The van der Waals surface area contributed by atoms with Gasteiger partial charge in [-0.2, -0.15) is 0 Å². The molecule has 0 aliphatic rings. The number of aromatic nitrogens is 1. The Morgan fingerprint density at radius 2 is 1.55 bits per heavy atom. The van der Waals surface area contributed by atoms with Crippen LogP contribution in [0.3, 0.4) is 0 Å². The van der Waals surface area contributed by atoms with Gasteiger partial charge in [-0.1, -0.05) is 60.2 Å². The van der Waals surface area contributed by atoms with Crippen LogP contribution in [0.25, 0.3) is 10.9 Å². The molecule has 2 N–H and O–H groups in total. The second-order valence-corrected chi connectivity index (χ2v) is 8.06. The zero-order valence-electron chi connectivity index (χ0n) is 18.8. The van der Waals surface area contributed by atoms with E-state index in [1.165, 1.54) is 0 Å². The highest BCUT2D eigenvalue weighted by molar-refractivity contribution is 6.07. The normalized spacial score (nSPS) is 11.4. The fourth-order valence-corrected chi connectivity index (χ4v) is 3.75. The van der Waals surface area contributed by atoms with E-state index in [4.69, 9.17) is 0 Å². The van der Waals surface area contributed by atoms with E-state index in [0.29, 0.717) is 24.3 Å². The summed E-state index contributed by atoms with van der Waals surface area (Å²) in [7, 11) is 0. The van der Waals surface area contributed by atoms with Gasteiger partial charge in [0.05, 0.1) is 0 Å². The van der Waals surface area contributed by atoms with Crippen molar-refractivity contribution in [2.45, 2.75) is 26.8 Å². The zero-order chi connectivity index (χ0) is 23.2. The number of allylic oxidation sites excluding steroid dienone is 1. The minimum atomic E-state index is -0.178. The highest BCUT2D eigenvalue weighted by atomic mass is 16.2. The van der Waals surface area contributed by atoms with Crippen LogP contribution in [-0.4, -0.2) is 16.4 Å². The Bertz CT molecular complexity index is 1310. The molecule has 0 aliphatic heterocycles. The quantitative estimate of drug-likeness (QED) is 0.336. The topological polar surface area (TPSA) is 63.1 Å². The van der Waals surface area contributed by atoms with Gasteiger partial charge in [0.25, 0.3) is 5.91 Å². The third-order valence-corrected chi connectivity index (χ3v) is 5.57. The third-order valence-electron chi connectivity index (χ3n) is 5.57. The summed E-state index contributed by atoms with van der Waals surface area (Å²) in [5.74, 6) is -0.238. The van der Waals surface area contributed by atoms with Crippen LogP contribution in [0, 0.1) is 0 Å². The molecule has 166 valence electrons. The highest BCUT2D eigenvalue weighted by Gasteiger charge is 2.17. The largest absolute Gasteiger partial charge is 0.332 e. The van der Waals surface area contributed by atoms with Crippen molar-refractivity contribution in [2.75, 3.05) is 10.6 Å². The molecule has 3 aromatic carbocycles. The van der Waals surface area contributed by atoms with Crippen LogP contribution in [-0.2, 0) is 11.3 Å².